The molecular formula is C18H16BrN3O6. The molecule has 2 heterocycles. The molecule has 9 nitrogen and oxygen atoms in total. The van der Waals surface area contributed by atoms with E-state index in [2.05, 4.69) is 31.4 Å². The third-order valence-electron chi connectivity index (χ3n) is 3.55. The number of nitrogens with one attached hydrogen (secondary N) is 1. The Morgan fingerprint density at radius 2 is 1.79 bits per heavy atom. The van der Waals surface area contributed by atoms with Crippen LogP contribution in [0.15, 0.2) is 43.8 Å². The van der Waals surface area contributed by atoms with E-state index in [1.807, 2.05) is 0 Å². The molecule has 0 radical (unpaired) electrons. The number of anilines is 1. The summed E-state index contributed by atoms with van der Waals surface area (Å²) in [6, 6.07) is 6.73. The van der Waals surface area contributed by atoms with Gasteiger partial charge in [-0.15, -0.1) is 5.10 Å². The highest BCUT2D eigenvalue weighted by atomic mass is 79.9. The minimum atomic E-state index is -0.454. The maximum Gasteiger partial charge on any atom is 0.322 e. The Bertz CT molecular complexity index is 985. The minimum Gasteiger partial charge on any atom is -0.493 e. The Balaban J connectivity index is 1.71. The van der Waals surface area contributed by atoms with E-state index in [9.17, 15) is 4.79 Å². The molecule has 0 aliphatic heterocycles. The number of furan rings is 1. The maximum absolute atomic E-state index is 12.1. The van der Waals surface area contributed by atoms with Crippen molar-refractivity contribution in [2.45, 2.75) is 0 Å². The Hall–Kier alpha value is -3.27. The van der Waals surface area contributed by atoms with Crippen molar-refractivity contribution in [1.29, 1.82) is 0 Å². The number of amides is 1. The molecule has 0 saturated carbocycles. The zero-order valence-electron chi connectivity index (χ0n) is 15.2. The van der Waals surface area contributed by atoms with E-state index < -0.39 is 5.91 Å². The van der Waals surface area contributed by atoms with E-state index in [0.29, 0.717) is 33.2 Å². The molecule has 0 atom stereocenters. The van der Waals surface area contributed by atoms with E-state index in [4.69, 9.17) is 23.0 Å². The van der Waals surface area contributed by atoms with Crippen molar-refractivity contribution in [2.24, 2.45) is 0 Å². The summed E-state index contributed by atoms with van der Waals surface area (Å²) in [5.41, 5.74) is 0.677. The molecule has 2 aromatic heterocycles. The van der Waals surface area contributed by atoms with Gasteiger partial charge in [0.05, 0.1) is 21.3 Å². The number of benzene rings is 1. The first-order valence-electron chi connectivity index (χ1n) is 7.92. The Kier molecular flexibility index (Phi) is 5.99. The van der Waals surface area contributed by atoms with Crippen LogP contribution in [0.25, 0.3) is 17.7 Å². The number of aromatic nitrogens is 2. The van der Waals surface area contributed by atoms with Gasteiger partial charge in [0.15, 0.2) is 21.9 Å². The second-order valence-corrected chi connectivity index (χ2v) is 6.08. The first kappa shape index (κ1) is 19.5. The van der Waals surface area contributed by atoms with Gasteiger partial charge in [0.25, 0.3) is 11.8 Å². The zero-order valence-corrected chi connectivity index (χ0v) is 16.8. The highest BCUT2D eigenvalue weighted by Gasteiger charge is 2.14. The molecule has 0 spiro atoms. The maximum atomic E-state index is 12.1. The lowest BCUT2D eigenvalue weighted by Crippen LogP contribution is -2.07. The molecule has 0 saturated heterocycles. The summed E-state index contributed by atoms with van der Waals surface area (Å²) >= 11 is 3.19. The molecule has 3 aromatic rings. The van der Waals surface area contributed by atoms with Gasteiger partial charge >= 0.3 is 6.01 Å². The molecule has 1 aromatic carbocycles. The first-order valence-corrected chi connectivity index (χ1v) is 8.71. The molecule has 0 fully saturated rings. The predicted octanol–water partition coefficient (Wildman–Crippen LogP) is 3.77. The molecule has 3 rings (SSSR count). The standard InChI is InChI=1S/C18H16BrN3O6/c1-24-12-8-10(9-13(25-2)16(12)26-3)4-7-15(23)20-18-22-21-17(28-18)11-5-6-14(19)27-11/h4-9H,1-3H3,(H,20,22,23). The number of hydrogen-bond donors (Lipinski definition) is 1. The van der Waals surface area contributed by atoms with Crippen molar-refractivity contribution in [3.05, 3.63) is 40.6 Å². The summed E-state index contributed by atoms with van der Waals surface area (Å²) < 4.78 is 27.0. The lowest BCUT2D eigenvalue weighted by Gasteiger charge is -2.12. The third-order valence-corrected chi connectivity index (χ3v) is 3.98. The van der Waals surface area contributed by atoms with E-state index >= 15 is 0 Å². The van der Waals surface area contributed by atoms with Gasteiger partial charge in [-0.1, -0.05) is 5.10 Å². The number of carbonyl (C=O) groups excluding carboxylic acids is 1. The Morgan fingerprint density at radius 3 is 2.36 bits per heavy atom. The number of halogens is 1. The second kappa shape index (κ2) is 8.61. The predicted molar refractivity (Wildman–Crippen MR) is 103 cm³/mol. The molecule has 0 unspecified atom stereocenters. The number of nitrogens with zero attached hydrogens (tertiary/aromatic N) is 2. The second-order valence-electron chi connectivity index (χ2n) is 5.30. The summed E-state index contributed by atoms with van der Waals surface area (Å²) in [7, 11) is 4.55. The van der Waals surface area contributed by atoms with Crippen LogP contribution >= 0.6 is 15.9 Å². The molecular weight excluding hydrogens is 434 g/mol. The van der Waals surface area contributed by atoms with Gasteiger partial charge in [0.2, 0.25) is 5.75 Å². The molecule has 0 aliphatic carbocycles. The number of ether oxygens (including phenoxy) is 3. The van der Waals surface area contributed by atoms with Gasteiger partial charge in [0, 0.05) is 6.08 Å². The number of hydrogen-bond acceptors (Lipinski definition) is 8. The van der Waals surface area contributed by atoms with Gasteiger partial charge < -0.3 is 23.0 Å². The van der Waals surface area contributed by atoms with Crippen molar-refractivity contribution >= 4 is 33.9 Å². The van der Waals surface area contributed by atoms with Crippen LogP contribution in [-0.4, -0.2) is 37.4 Å². The summed E-state index contributed by atoms with van der Waals surface area (Å²) in [5, 5.41) is 10.1. The van der Waals surface area contributed by atoms with Crippen LogP contribution in [0.1, 0.15) is 5.56 Å². The lowest BCUT2D eigenvalue weighted by atomic mass is 10.1. The third kappa shape index (κ3) is 4.34. The van der Waals surface area contributed by atoms with Crippen LogP contribution in [0.4, 0.5) is 6.01 Å². The topological polar surface area (TPSA) is 109 Å². The molecule has 0 aliphatic rings. The summed E-state index contributed by atoms with van der Waals surface area (Å²) in [6.07, 6.45) is 2.90. The highest BCUT2D eigenvalue weighted by molar-refractivity contribution is 9.10. The fourth-order valence-electron chi connectivity index (χ4n) is 2.32. The summed E-state index contributed by atoms with van der Waals surface area (Å²) in [5.74, 6) is 1.50. The number of carbonyl (C=O) groups is 1. The van der Waals surface area contributed by atoms with Crippen LogP contribution in [0, 0.1) is 0 Å². The lowest BCUT2D eigenvalue weighted by molar-refractivity contribution is -0.112. The van der Waals surface area contributed by atoms with Crippen LogP contribution in [0.2, 0.25) is 0 Å². The van der Waals surface area contributed by atoms with Gasteiger partial charge in [0.1, 0.15) is 0 Å². The number of methoxy groups -OCH3 is 3. The van der Waals surface area contributed by atoms with E-state index in [1.54, 1.807) is 30.3 Å². The zero-order chi connectivity index (χ0) is 20.1. The molecule has 10 heteroatoms. The molecule has 1 amide bonds. The smallest absolute Gasteiger partial charge is 0.322 e. The van der Waals surface area contributed by atoms with Gasteiger partial charge in [-0.25, -0.2) is 0 Å². The molecule has 146 valence electrons. The van der Waals surface area contributed by atoms with Crippen LogP contribution in [-0.2, 0) is 4.79 Å². The van der Waals surface area contributed by atoms with Gasteiger partial charge in [-0.3, -0.25) is 10.1 Å². The largest absolute Gasteiger partial charge is 0.493 e. The molecule has 1 N–H and O–H groups in total. The summed E-state index contributed by atoms with van der Waals surface area (Å²) in [6.45, 7) is 0. The fraction of sp³-hybridized carbons (Fsp3) is 0.167. The average Bonchev–Trinajstić information content (AvgIpc) is 3.34. The van der Waals surface area contributed by atoms with Crippen molar-refractivity contribution in [3.8, 4) is 28.9 Å². The minimum absolute atomic E-state index is 0.0536. The van der Waals surface area contributed by atoms with Crippen LogP contribution in [0.5, 0.6) is 17.2 Å². The van der Waals surface area contributed by atoms with Crippen molar-refractivity contribution in [3.63, 3.8) is 0 Å². The highest BCUT2D eigenvalue weighted by Crippen LogP contribution is 2.38. The monoisotopic (exact) mass is 449 g/mol. The molecule has 0 bridgehead atoms. The Labute approximate surface area is 168 Å². The van der Waals surface area contributed by atoms with Gasteiger partial charge in [-0.05, 0) is 51.8 Å². The van der Waals surface area contributed by atoms with Crippen molar-refractivity contribution in [1.82, 2.24) is 10.2 Å². The number of rotatable bonds is 7. The van der Waals surface area contributed by atoms with E-state index in [-0.39, 0.29) is 11.9 Å². The van der Waals surface area contributed by atoms with Crippen LogP contribution < -0.4 is 19.5 Å². The normalized spacial score (nSPS) is 10.9. The fourth-order valence-corrected chi connectivity index (χ4v) is 2.63. The first-order chi connectivity index (χ1) is 13.5. The van der Waals surface area contributed by atoms with Crippen molar-refractivity contribution in [2.75, 3.05) is 26.6 Å². The summed E-state index contributed by atoms with van der Waals surface area (Å²) in [4.78, 5) is 12.1. The molecule has 28 heavy (non-hydrogen) atoms. The quantitative estimate of drug-likeness (QED) is 0.542. The average molecular weight is 450 g/mol. The Morgan fingerprint density at radius 1 is 1.07 bits per heavy atom. The van der Waals surface area contributed by atoms with E-state index in [1.165, 1.54) is 27.4 Å². The van der Waals surface area contributed by atoms with Crippen LogP contribution in [0.3, 0.4) is 0 Å². The SMILES string of the molecule is COc1cc(C=CC(=O)Nc2nnc(-c3ccc(Br)o3)o2)cc(OC)c1OC. The van der Waals surface area contributed by atoms with E-state index in [0.717, 1.165) is 0 Å². The van der Waals surface area contributed by atoms with Gasteiger partial charge in [-0.2, -0.15) is 0 Å². The van der Waals surface area contributed by atoms with Crippen molar-refractivity contribution < 1.29 is 27.8 Å².